The third kappa shape index (κ3) is 4.33. The third-order valence-electron chi connectivity index (χ3n) is 4.28. The van der Waals surface area contributed by atoms with Crippen LogP contribution < -0.4 is 15.4 Å². The van der Waals surface area contributed by atoms with Gasteiger partial charge in [0.2, 0.25) is 11.9 Å². The summed E-state index contributed by atoms with van der Waals surface area (Å²) < 4.78 is 7.36. The lowest BCUT2D eigenvalue weighted by Gasteiger charge is -2.25. The molecule has 1 atom stereocenters. The van der Waals surface area contributed by atoms with Crippen LogP contribution in [0.5, 0.6) is 5.75 Å². The number of benzene rings is 2. The maximum absolute atomic E-state index is 12.3. The Morgan fingerprint density at radius 1 is 1.24 bits per heavy atom. The summed E-state index contributed by atoms with van der Waals surface area (Å²) in [6.45, 7) is -0.232. The number of rotatable bonds is 5. The molecule has 0 unspecified atom stereocenters. The second-order valence-electron chi connectivity index (χ2n) is 6.33. The molecule has 0 aliphatic carbocycles. The number of fused-ring (bicyclic) bond motifs is 1. The van der Waals surface area contributed by atoms with Crippen LogP contribution in [0.25, 0.3) is 0 Å². The maximum atomic E-state index is 12.3. The molecule has 4 rings (SSSR count). The smallest absolute Gasteiger partial charge is 0.262 e. The molecule has 0 saturated heterocycles. The van der Waals surface area contributed by atoms with E-state index >= 15 is 0 Å². The monoisotopic (exact) mass is 431 g/mol. The predicted molar refractivity (Wildman–Crippen MR) is 108 cm³/mol. The summed E-state index contributed by atoms with van der Waals surface area (Å²) in [6.07, 6.45) is 1.56. The molecular weight excluding hydrogens is 417 g/mol. The number of anilines is 2. The Balaban J connectivity index is 1.50. The van der Waals surface area contributed by atoms with Gasteiger partial charge in [-0.25, -0.2) is 4.68 Å². The van der Waals surface area contributed by atoms with Gasteiger partial charge in [-0.15, -0.1) is 0 Å². The zero-order valence-corrected chi connectivity index (χ0v) is 16.4. The van der Waals surface area contributed by atoms with Crippen molar-refractivity contribution in [1.29, 1.82) is 0 Å². The summed E-state index contributed by atoms with van der Waals surface area (Å²) in [6, 6.07) is 11.6. The van der Waals surface area contributed by atoms with Crippen LogP contribution in [0.1, 0.15) is 18.0 Å². The molecule has 1 aliphatic heterocycles. The van der Waals surface area contributed by atoms with Crippen molar-refractivity contribution in [2.75, 3.05) is 17.2 Å². The Labute approximate surface area is 175 Å². The van der Waals surface area contributed by atoms with Gasteiger partial charge >= 0.3 is 0 Å². The van der Waals surface area contributed by atoms with Crippen LogP contribution in [0.2, 0.25) is 10.0 Å². The molecule has 29 heavy (non-hydrogen) atoms. The first-order valence-corrected chi connectivity index (χ1v) is 9.42. The van der Waals surface area contributed by atoms with Gasteiger partial charge in [-0.2, -0.15) is 10.1 Å². The number of nitrogens with one attached hydrogen (secondary N) is 2. The fraction of sp³-hybridized carbons (Fsp3) is 0.158. The van der Waals surface area contributed by atoms with E-state index in [1.165, 1.54) is 6.33 Å². The second kappa shape index (κ2) is 8.10. The zero-order chi connectivity index (χ0) is 20.4. The van der Waals surface area contributed by atoms with Gasteiger partial charge < -0.3 is 10.1 Å². The number of hydrogen-bond acceptors (Lipinski definition) is 5. The van der Waals surface area contributed by atoms with Crippen LogP contribution in [-0.2, 0) is 9.59 Å². The molecule has 148 valence electrons. The van der Waals surface area contributed by atoms with Crippen molar-refractivity contribution in [2.24, 2.45) is 0 Å². The summed E-state index contributed by atoms with van der Waals surface area (Å²) in [5.41, 5.74) is 1.20. The minimum atomic E-state index is -0.382. The van der Waals surface area contributed by atoms with Gasteiger partial charge in [-0.1, -0.05) is 41.4 Å². The van der Waals surface area contributed by atoms with Gasteiger partial charge in [0.15, 0.2) is 6.61 Å². The van der Waals surface area contributed by atoms with Crippen molar-refractivity contribution < 1.29 is 14.3 Å². The fourth-order valence-corrected chi connectivity index (χ4v) is 3.63. The SMILES string of the molecule is O=C(COc1ccccc1[C@@H]1CC(=O)Nc2ncnn21)Nc1cc(Cl)cc(Cl)c1. The van der Waals surface area contributed by atoms with E-state index in [1.807, 2.05) is 12.1 Å². The van der Waals surface area contributed by atoms with Gasteiger partial charge in [-0.3, -0.25) is 14.9 Å². The van der Waals surface area contributed by atoms with E-state index in [0.29, 0.717) is 27.4 Å². The number of carbonyl (C=O) groups excluding carboxylic acids is 2. The van der Waals surface area contributed by atoms with E-state index in [0.717, 1.165) is 5.56 Å². The summed E-state index contributed by atoms with van der Waals surface area (Å²) in [5, 5.41) is 10.4. The highest BCUT2D eigenvalue weighted by Gasteiger charge is 2.29. The Morgan fingerprint density at radius 2 is 2.00 bits per heavy atom. The summed E-state index contributed by atoms with van der Waals surface area (Å²) in [5.74, 6) is 0.311. The number of ether oxygens (including phenoxy) is 1. The Bertz CT molecular complexity index is 1060. The number of halogens is 2. The second-order valence-corrected chi connectivity index (χ2v) is 7.20. The molecule has 2 aromatic carbocycles. The average Bonchev–Trinajstić information content (AvgIpc) is 3.13. The molecule has 1 aliphatic rings. The van der Waals surface area contributed by atoms with E-state index in [2.05, 4.69) is 20.7 Å². The lowest BCUT2D eigenvalue weighted by molar-refractivity contribution is -0.118. The van der Waals surface area contributed by atoms with E-state index < -0.39 is 0 Å². The highest BCUT2D eigenvalue weighted by Crippen LogP contribution is 2.34. The molecule has 3 aromatic rings. The Kier molecular flexibility index (Phi) is 5.37. The predicted octanol–water partition coefficient (Wildman–Crippen LogP) is 3.53. The van der Waals surface area contributed by atoms with Gasteiger partial charge in [-0.05, 0) is 24.3 Å². The third-order valence-corrected chi connectivity index (χ3v) is 4.72. The molecule has 0 radical (unpaired) electrons. The van der Waals surface area contributed by atoms with Crippen molar-refractivity contribution >= 4 is 46.7 Å². The molecule has 0 bridgehead atoms. The molecular formula is C19H15Cl2N5O3. The maximum Gasteiger partial charge on any atom is 0.262 e. The Hall–Kier alpha value is -3.10. The first kappa shape index (κ1) is 19.2. The highest BCUT2D eigenvalue weighted by atomic mass is 35.5. The minimum absolute atomic E-state index is 0.166. The standard InChI is InChI=1S/C19H15Cl2N5O3/c20-11-5-12(21)7-13(6-11)24-18(28)9-29-16-4-2-1-3-14(16)15-8-17(27)25-19-22-10-23-26(15)19/h1-7,10,15H,8-9H2,(H,24,28)(H,22,23,25,27)/t15-/m0/s1. The van der Waals surface area contributed by atoms with Crippen molar-refractivity contribution in [3.63, 3.8) is 0 Å². The van der Waals surface area contributed by atoms with Gasteiger partial charge in [0, 0.05) is 21.3 Å². The molecule has 2 amide bonds. The normalized spacial score (nSPS) is 15.4. The highest BCUT2D eigenvalue weighted by molar-refractivity contribution is 6.35. The minimum Gasteiger partial charge on any atom is -0.483 e. The van der Waals surface area contributed by atoms with E-state index in [-0.39, 0.29) is 30.9 Å². The van der Waals surface area contributed by atoms with Crippen molar-refractivity contribution in [2.45, 2.75) is 12.5 Å². The van der Waals surface area contributed by atoms with Gasteiger partial charge in [0.25, 0.3) is 5.91 Å². The number of para-hydroxylation sites is 1. The van der Waals surface area contributed by atoms with Crippen LogP contribution in [0.3, 0.4) is 0 Å². The zero-order valence-electron chi connectivity index (χ0n) is 14.9. The van der Waals surface area contributed by atoms with Gasteiger partial charge in [0.1, 0.15) is 12.1 Å². The van der Waals surface area contributed by atoms with Gasteiger partial charge in [0.05, 0.1) is 12.5 Å². The van der Waals surface area contributed by atoms with E-state index in [9.17, 15) is 9.59 Å². The molecule has 10 heteroatoms. The first-order valence-electron chi connectivity index (χ1n) is 8.66. The average molecular weight is 432 g/mol. The van der Waals surface area contributed by atoms with Crippen molar-refractivity contribution in [3.05, 3.63) is 64.4 Å². The van der Waals surface area contributed by atoms with E-state index in [1.54, 1.807) is 35.0 Å². The van der Waals surface area contributed by atoms with Crippen LogP contribution in [0, 0.1) is 0 Å². The van der Waals surface area contributed by atoms with Crippen LogP contribution in [0.4, 0.5) is 11.6 Å². The topological polar surface area (TPSA) is 98.1 Å². The van der Waals surface area contributed by atoms with Crippen molar-refractivity contribution in [1.82, 2.24) is 14.8 Å². The summed E-state index contributed by atoms with van der Waals surface area (Å²) >= 11 is 11.9. The van der Waals surface area contributed by atoms with Crippen LogP contribution in [-0.4, -0.2) is 33.2 Å². The lowest BCUT2D eigenvalue weighted by atomic mass is 10.0. The van der Waals surface area contributed by atoms with Crippen LogP contribution >= 0.6 is 23.2 Å². The fourth-order valence-electron chi connectivity index (χ4n) is 3.10. The number of hydrogen-bond donors (Lipinski definition) is 2. The molecule has 0 saturated carbocycles. The molecule has 0 spiro atoms. The van der Waals surface area contributed by atoms with Crippen molar-refractivity contribution in [3.8, 4) is 5.75 Å². The number of nitrogens with zero attached hydrogens (tertiary/aromatic N) is 3. The molecule has 1 aromatic heterocycles. The Morgan fingerprint density at radius 3 is 2.79 bits per heavy atom. The molecule has 8 nitrogen and oxygen atoms in total. The first-order chi connectivity index (χ1) is 14.0. The number of aromatic nitrogens is 3. The number of carbonyl (C=O) groups is 2. The van der Waals surface area contributed by atoms with E-state index in [4.69, 9.17) is 27.9 Å². The molecule has 2 N–H and O–H groups in total. The molecule has 0 fully saturated rings. The summed E-state index contributed by atoms with van der Waals surface area (Å²) in [7, 11) is 0. The largest absolute Gasteiger partial charge is 0.483 e. The number of amides is 2. The quantitative estimate of drug-likeness (QED) is 0.643. The van der Waals surface area contributed by atoms with Crippen LogP contribution in [0.15, 0.2) is 48.8 Å². The lowest BCUT2D eigenvalue weighted by Crippen LogP contribution is -2.29. The summed E-state index contributed by atoms with van der Waals surface area (Å²) in [4.78, 5) is 28.4. The molecule has 2 heterocycles.